The maximum absolute atomic E-state index is 11.2. The molecule has 0 radical (unpaired) electrons. The minimum atomic E-state index is -0.312. The average molecular weight is 407 g/mol. The molecule has 5 rings (SSSR count). The molecule has 0 aliphatic carbocycles. The van der Waals surface area contributed by atoms with Crippen molar-refractivity contribution < 1.29 is 5.11 Å². The lowest BCUT2D eigenvalue weighted by Gasteiger charge is -2.22. The fourth-order valence-electron chi connectivity index (χ4n) is 3.70. The van der Waals surface area contributed by atoms with Gasteiger partial charge in [-0.05, 0) is 48.9 Å². The molecule has 1 atom stereocenters. The number of hydrogen-bond donors (Lipinski definition) is 2. The Morgan fingerprint density at radius 1 is 0.903 bits per heavy atom. The molecule has 152 valence electrons. The molecule has 5 aromatic rings. The van der Waals surface area contributed by atoms with Crippen LogP contribution in [0.3, 0.4) is 0 Å². The van der Waals surface area contributed by atoms with Gasteiger partial charge in [-0.25, -0.2) is 14.6 Å². The lowest BCUT2D eigenvalue weighted by Crippen LogP contribution is -2.14. The lowest BCUT2D eigenvalue weighted by molar-refractivity contribution is 0.471. The highest BCUT2D eigenvalue weighted by atomic mass is 16.3. The van der Waals surface area contributed by atoms with E-state index in [0.29, 0.717) is 5.52 Å². The molecule has 31 heavy (non-hydrogen) atoms. The number of rotatable bonds is 5. The van der Waals surface area contributed by atoms with Crippen LogP contribution in [0.2, 0.25) is 0 Å². The Hall–Kier alpha value is -4.19. The Labute approximate surface area is 179 Å². The van der Waals surface area contributed by atoms with E-state index < -0.39 is 0 Å². The number of anilines is 1. The van der Waals surface area contributed by atoms with Crippen LogP contribution in [0.15, 0.2) is 91.4 Å². The van der Waals surface area contributed by atoms with Gasteiger partial charge in [-0.1, -0.05) is 36.4 Å². The predicted octanol–water partition coefficient (Wildman–Crippen LogP) is 5.03. The highest BCUT2D eigenvalue weighted by Crippen LogP contribution is 2.36. The molecule has 0 bridgehead atoms. The maximum atomic E-state index is 11.2. The van der Waals surface area contributed by atoms with E-state index in [1.807, 2.05) is 90.6 Å². The van der Waals surface area contributed by atoms with Gasteiger partial charge >= 0.3 is 0 Å². The van der Waals surface area contributed by atoms with Crippen LogP contribution >= 0.6 is 0 Å². The first kappa shape index (κ1) is 18.8. The Bertz CT molecular complexity index is 1320. The molecule has 0 amide bonds. The number of hydrogen-bond acceptors (Lipinski definition) is 5. The molecule has 2 aromatic carbocycles. The first-order chi connectivity index (χ1) is 15.2. The van der Waals surface area contributed by atoms with E-state index >= 15 is 0 Å². The Morgan fingerprint density at radius 3 is 2.48 bits per heavy atom. The quantitative estimate of drug-likeness (QED) is 0.427. The van der Waals surface area contributed by atoms with Gasteiger partial charge in [0.1, 0.15) is 17.1 Å². The van der Waals surface area contributed by atoms with Crippen molar-refractivity contribution in [1.29, 1.82) is 0 Å². The highest BCUT2D eigenvalue weighted by molar-refractivity contribution is 5.86. The van der Waals surface area contributed by atoms with Crippen LogP contribution in [0.1, 0.15) is 22.9 Å². The fourth-order valence-corrected chi connectivity index (χ4v) is 3.70. The second-order valence-electron chi connectivity index (χ2n) is 7.36. The van der Waals surface area contributed by atoms with Gasteiger partial charge in [0.2, 0.25) is 0 Å². The molecule has 3 aromatic heterocycles. The van der Waals surface area contributed by atoms with Crippen molar-refractivity contribution >= 4 is 16.7 Å². The molecule has 0 saturated heterocycles. The molecule has 2 N–H and O–H groups in total. The van der Waals surface area contributed by atoms with E-state index in [-0.39, 0.29) is 11.8 Å². The normalized spacial score (nSPS) is 12.0. The van der Waals surface area contributed by atoms with Crippen molar-refractivity contribution in [3.63, 3.8) is 0 Å². The van der Waals surface area contributed by atoms with E-state index in [9.17, 15) is 5.11 Å². The summed E-state index contributed by atoms with van der Waals surface area (Å²) in [6.07, 6.45) is 5.40. The number of phenolic OH excluding ortho intramolecular Hbond substituents is 1. The summed E-state index contributed by atoms with van der Waals surface area (Å²) in [6, 6.07) is 23.2. The molecule has 0 saturated carbocycles. The third-order valence-corrected chi connectivity index (χ3v) is 5.27. The van der Waals surface area contributed by atoms with Crippen molar-refractivity contribution in [2.24, 2.45) is 0 Å². The van der Waals surface area contributed by atoms with Crippen molar-refractivity contribution in [2.75, 3.05) is 5.32 Å². The van der Waals surface area contributed by atoms with Gasteiger partial charge in [0.15, 0.2) is 0 Å². The third kappa shape index (κ3) is 3.71. The van der Waals surface area contributed by atoms with Crippen LogP contribution in [0, 0.1) is 6.92 Å². The van der Waals surface area contributed by atoms with Crippen molar-refractivity contribution in [1.82, 2.24) is 19.7 Å². The second-order valence-corrected chi connectivity index (χ2v) is 7.36. The third-order valence-electron chi connectivity index (χ3n) is 5.27. The van der Waals surface area contributed by atoms with Crippen molar-refractivity contribution in [3.8, 4) is 11.4 Å². The molecule has 0 aliphatic rings. The first-order valence-corrected chi connectivity index (χ1v) is 10.1. The average Bonchev–Trinajstić information content (AvgIpc) is 3.34. The molecular formula is C25H21N5O. The summed E-state index contributed by atoms with van der Waals surface area (Å²) in [4.78, 5) is 8.97. The summed E-state index contributed by atoms with van der Waals surface area (Å²) in [5.74, 6) is 0.895. The van der Waals surface area contributed by atoms with Gasteiger partial charge in [-0.2, -0.15) is 5.10 Å². The Kier molecular flexibility index (Phi) is 4.80. The smallest absolute Gasteiger partial charge is 0.147 e. The molecule has 6 nitrogen and oxygen atoms in total. The zero-order valence-corrected chi connectivity index (χ0v) is 17.0. The number of pyridine rings is 2. The van der Waals surface area contributed by atoms with E-state index in [1.54, 1.807) is 12.4 Å². The van der Waals surface area contributed by atoms with Crippen LogP contribution in [0.25, 0.3) is 16.6 Å². The molecule has 1 unspecified atom stereocenters. The molecule has 0 fully saturated rings. The van der Waals surface area contributed by atoms with Gasteiger partial charge in [0.25, 0.3) is 0 Å². The van der Waals surface area contributed by atoms with Gasteiger partial charge in [-0.3, -0.25) is 0 Å². The number of nitrogens with zero attached hydrogens (tertiary/aromatic N) is 4. The number of phenols is 1. The molecule has 0 aliphatic heterocycles. The van der Waals surface area contributed by atoms with E-state index in [0.717, 1.165) is 33.7 Å². The summed E-state index contributed by atoms with van der Waals surface area (Å²) in [7, 11) is 0. The van der Waals surface area contributed by atoms with Crippen LogP contribution in [0.4, 0.5) is 5.82 Å². The molecular weight excluding hydrogens is 386 g/mol. The van der Waals surface area contributed by atoms with Crippen molar-refractivity contribution in [3.05, 3.63) is 108 Å². The van der Waals surface area contributed by atoms with Gasteiger partial charge < -0.3 is 10.4 Å². The molecule has 0 spiro atoms. The van der Waals surface area contributed by atoms with Gasteiger partial charge in [-0.15, -0.1) is 0 Å². The summed E-state index contributed by atoms with van der Waals surface area (Å²) < 4.78 is 1.81. The van der Waals surface area contributed by atoms with Crippen LogP contribution in [-0.4, -0.2) is 24.9 Å². The number of aromatic hydroxyl groups is 1. The topological polar surface area (TPSA) is 75.9 Å². The van der Waals surface area contributed by atoms with Crippen LogP contribution in [-0.2, 0) is 0 Å². The highest BCUT2D eigenvalue weighted by Gasteiger charge is 2.20. The monoisotopic (exact) mass is 407 g/mol. The maximum Gasteiger partial charge on any atom is 0.147 e. The second kappa shape index (κ2) is 7.91. The number of aromatic nitrogens is 4. The standard InChI is InChI=1S/C25H21N5O/c1-17-6-7-19-10-13-21(25(31)24(19)28-17)23(29-22-5-2-3-14-26-22)18-8-11-20(12-9-18)30-16-4-15-27-30/h2-16,23,31H,1H3,(H,26,29). The Balaban J connectivity index is 1.61. The number of nitrogens with one attached hydrogen (secondary N) is 1. The van der Waals surface area contributed by atoms with Crippen molar-refractivity contribution in [2.45, 2.75) is 13.0 Å². The zero-order valence-electron chi connectivity index (χ0n) is 17.0. The predicted molar refractivity (Wildman–Crippen MR) is 121 cm³/mol. The molecule has 3 heterocycles. The van der Waals surface area contributed by atoms with Gasteiger partial charge in [0, 0.05) is 35.2 Å². The zero-order chi connectivity index (χ0) is 21.2. The van der Waals surface area contributed by atoms with Crippen LogP contribution in [0.5, 0.6) is 5.75 Å². The minimum Gasteiger partial charge on any atom is -0.505 e. The first-order valence-electron chi connectivity index (χ1n) is 10.1. The number of fused-ring (bicyclic) bond motifs is 1. The summed E-state index contributed by atoms with van der Waals surface area (Å²) in [5.41, 5.74) is 4.15. The lowest BCUT2D eigenvalue weighted by atomic mass is 9.96. The van der Waals surface area contributed by atoms with E-state index in [2.05, 4.69) is 20.4 Å². The van der Waals surface area contributed by atoms with Crippen LogP contribution < -0.4 is 5.32 Å². The van der Waals surface area contributed by atoms with E-state index in [1.165, 1.54) is 0 Å². The minimum absolute atomic E-state index is 0.172. The summed E-state index contributed by atoms with van der Waals surface area (Å²) in [5, 5.41) is 19.8. The SMILES string of the molecule is Cc1ccc2ccc(C(Nc3ccccn3)c3ccc(-n4cccn4)cc3)c(O)c2n1. The molecule has 6 heteroatoms. The number of aryl methyl sites for hydroxylation is 1. The Morgan fingerprint density at radius 2 is 1.74 bits per heavy atom. The van der Waals surface area contributed by atoms with E-state index in [4.69, 9.17) is 0 Å². The number of benzene rings is 2. The summed E-state index contributed by atoms with van der Waals surface area (Å²) >= 11 is 0. The fraction of sp³-hybridized carbons (Fsp3) is 0.0800. The van der Waals surface area contributed by atoms with Gasteiger partial charge in [0.05, 0.1) is 11.7 Å². The largest absolute Gasteiger partial charge is 0.505 e. The summed E-state index contributed by atoms with van der Waals surface area (Å²) in [6.45, 7) is 1.92.